The van der Waals surface area contributed by atoms with Gasteiger partial charge >= 0.3 is 49.7 Å². The summed E-state index contributed by atoms with van der Waals surface area (Å²) in [7, 11) is 0. The molecule has 1 aliphatic rings. The van der Waals surface area contributed by atoms with E-state index in [4.69, 9.17) is 4.74 Å². The Bertz CT molecular complexity index is 532. The Morgan fingerprint density at radius 1 is 0.967 bits per heavy atom. The second-order valence-corrected chi connectivity index (χ2v) is 7.80. The summed E-state index contributed by atoms with van der Waals surface area (Å²) >= 11 is 0. The molecule has 0 fully saturated rings. The molecule has 1 aliphatic heterocycles. The summed E-state index contributed by atoms with van der Waals surface area (Å²) in [6.45, 7) is 1.83. The van der Waals surface area contributed by atoms with Gasteiger partial charge in [-0.05, 0) is 6.42 Å². The molecule has 0 saturated carbocycles. The zero-order valence-corrected chi connectivity index (χ0v) is 20.7. The summed E-state index contributed by atoms with van der Waals surface area (Å²) in [5, 5.41) is 28.5. The first kappa shape index (κ1) is 29.5. The molecule has 0 radical (unpaired) electrons. The van der Waals surface area contributed by atoms with Crippen LogP contribution in [0.5, 0.6) is 0 Å². The number of unbranched alkanes of at least 4 members (excludes halogenated alkanes) is 12. The summed E-state index contributed by atoms with van der Waals surface area (Å²) in [5.41, 5.74) is 0. The molecule has 30 heavy (non-hydrogen) atoms. The van der Waals surface area contributed by atoms with E-state index in [1.807, 2.05) is 0 Å². The third kappa shape index (κ3) is 12.4. The van der Waals surface area contributed by atoms with Gasteiger partial charge < -0.3 is 27.6 Å². The van der Waals surface area contributed by atoms with Gasteiger partial charge in [0.05, 0.1) is 0 Å². The zero-order chi connectivity index (χ0) is 21.5. The molecule has 0 aromatic carbocycles. The van der Waals surface area contributed by atoms with Crippen LogP contribution in [0.1, 0.15) is 99.7 Å². The van der Waals surface area contributed by atoms with Gasteiger partial charge in [0.1, 0.15) is 12.7 Å². The monoisotopic (exact) mass is 456 g/mol. The number of ether oxygens (including phenoxy) is 2. The van der Waals surface area contributed by atoms with E-state index in [2.05, 4.69) is 11.7 Å². The molecule has 0 amide bonds. The number of carbonyl (C=O) groups is 2. The summed E-state index contributed by atoms with van der Waals surface area (Å²) in [4.78, 5) is 22.8. The van der Waals surface area contributed by atoms with Gasteiger partial charge in [0.2, 0.25) is 5.76 Å². The van der Waals surface area contributed by atoms with Gasteiger partial charge in [-0.3, -0.25) is 4.79 Å². The number of hydrogen-bond acceptors (Lipinski definition) is 7. The van der Waals surface area contributed by atoms with Crippen LogP contribution in [-0.2, 0) is 19.1 Å². The molecule has 7 nitrogen and oxygen atoms in total. The Balaban J connectivity index is -0.00000280. The molecule has 0 aromatic rings. The van der Waals surface area contributed by atoms with Crippen molar-refractivity contribution in [3.63, 3.8) is 0 Å². The molecule has 0 bridgehead atoms. The molecule has 0 saturated heterocycles. The first-order chi connectivity index (χ1) is 14.0. The minimum absolute atomic E-state index is 0. The normalized spacial score (nSPS) is 16.9. The quantitative estimate of drug-likeness (QED) is 0.168. The fourth-order valence-corrected chi connectivity index (χ4v) is 3.35. The minimum Gasteiger partial charge on any atom is -1.00 e. The van der Waals surface area contributed by atoms with Crippen LogP contribution in [0, 0.1) is 0 Å². The average Bonchev–Trinajstić information content (AvgIpc) is 2.97. The predicted octanol–water partition coefficient (Wildman–Crippen LogP) is 4.47. The van der Waals surface area contributed by atoms with Gasteiger partial charge in [0, 0.05) is 6.42 Å². The van der Waals surface area contributed by atoms with Crippen LogP contribution in [0.25, 0.3) is 0 Å². The van der Waals surface area contributed by atoms with E-state index in [0.29, 0.717) is 0 Å². The van der Waals surface area contributed by atoms with Crippen LogP contribution in [0.15, 0.2) is 11.5 Å². The van der Waals surface area contributed by atoms with Crippen molar-refractivity contribution in [3.05, 3.63) is 11.5 Å². The van der Waals surface area contributed by atoms with Gasteiger partial charge in [-0.2, -0.15) is 0 Å². The first-order valence-electron chi connectivity index (χ1n) is 11.1. The number of aliphatic hydroxyl groups is 3. The summed E-state index contributed by atoms with van der Waals surface area (Å²) in [6.07, 6.45) is 13.4. The maximum Gasteiger partial charge on any atom is 2.00 e. The van der Waals surface area contributed by atoms with E-state index in [1.54, 1.807) is 0 Å². The van der Waals surface area contributed by atoms with Crippen molar-refractivity contribution in [1.82, 2.24) is 0 Å². The molecule has 172 valence electrons. The van der Waals surface area contributed by atoms with Crippen molar-refractivity contribution in [3.8, 4) is 0 Å². The average molecular weight is 457 g/mol. The third-order valence-corrected chi connectivity index (χ3v) is 5.19. The van der Waals surface area contributed by atoms with Crippen molar-refractivity contribution in [2.45, 2.75) is 109 Å². The molecule has 0 aromatic heterocycles. The molecule has 0 aliphatic carbocycles. The third-order valence-electron chi connectivity index (χ3n) is 5.19. The molecule has 8 heteroatoms. The Labute approximate surface area is 213 Å². The van der Waals surface area contributed by atoms with E-state index >= 15 is 0 Å². The minimum atomic E-state index is -1.42. The molecular weight excluding hydrogens is 416 g/mol. The standard InChI is InChI=1S/C22H38O7.Ca.2H/c1-2-3-4-5-6-7-8-9-10-11-12-13-14-15-18(24)28-16-17(23)21-19(25)20(26)22(27)29-21;;;/h17,21,23,25-26H,2-16H2,1H3;;;/q;+2;2*-1/t17-,21+;;;/m0.../s1. The maximum atomic E-state index is 11.7. The number of aliphatic hydroxyl groups excluding tert-OH is 3. The van der Waals surface area contributed by atoms with E-state index in [1.165, 1.54) is 64.2 Å². The van der Waals surface area contributed by atoms with Crippen molar-refractivity contribution < 1.29 is 37.2 Å². The Morgan fingerprint density at radius 2 is 1.43 bits per heavy atom. The molecule has 0 spiro atoms. The van der Waals surface area contributed by atoms with Crippen LogP contribution in [0.2, 0.25) is 0 Å². The smallest absolute Gasteiger partial charge is 1.00 e. The summed E-state index contributed by atoms with van der Waals surface area (Å²) in [6, 6.07) is 0. The van der Waals surface area contributed by atoms with Crippen LogP contribution >= 0.6 is 0 Å². The molecule has 2 atom stereocenters. The zero-order valence-electron chi connectivity index (χ0n) is 20.4. The first-order valence-corrected chi connectivity index (χ1v) is 11.1. The number of hydrogen-bond donors (Lipinski definition) is 3. The molecule has 1 heterocycles. The second-order valence-electron chi connectivity index (χ2n) is 7.80. The number of cyclic esters (lactones) is 1. The summed E-state index contributed by atoms with van der Waals surface area (Å²) in [5.74, 6) is -3.21. The van der Waals surface area contributed by atoms with Gasteiger partial charge in [0.25, 0.3) is 0 Å². The SMILES string of the molecule is CCCCCCCCCCCCCCCC(=O)OC[C@H](O)[C@H]1OC(=O)C(O)=C1O.[Ca+2].[H-].[H-]. The summed E-state index contributed by atoms with van der Waals surface area (Å²) < 4.78 is 9.55. The van der Waals surface area contributed by atoms with E-state index in [0.717, 1.165) is 19.3 Å². The molecular formula is C22H40CaO7. The molecule has 1 rings (SSSR count). The number of carbonyl (C=O) groups excluding carboxylic acids is 2. The van der Waals surface area contributed by atoms with Crippen LogP contribution in [0.3, 0.4) is 0 Å². The van der Waals surface area contributed by atoms with Gasteiger partial charge in [0.15, 0.2) is 11.9 Å². The van der Waals surface area contributed by atoms with Crippen LogP contribution in [-0.4, -0.2) is 83.8 Å². The topological polar surface area (TPSA) is 113 Å². The predicted molar refractivity (Wildman–Crippen MR) is 117 cm³/mol. The van der Waals surface area contributed by atoms with E-state index < -0.39 is 42.3 Å². The Kier molecular flexibility index (Phi) is 17.8. The van der Waals surface area contributed by atoms with Crippen LogP contribution < -0.4 is 0 Å². The van der Waals surface area contributed by atoms with E-state index in [9.17, 15) is 24.9 Å². The fraction of sp³-hybridized carbons (Fsp3) is 0.818. The van der Waals surface area contributed by atoms with Gasteiger partial charge in [-0.25, -0.2) is 4.79 Å². The van der Waals surface area contributed by atoms with Gasteiger partial charge in [-0.1, -0.05) is 84.0 Å². The van der Waals surface area contributed by atoms with Crippen molar-refractivity contribution in [2.75, 3.05) is 6.61 Å². The van der Waals surface area contributed by atoms with Crippen molar-refractivity contribution in [2.24, 2.45) is 0 Å². The number of rotatable bonds is 17. The van der Waals surface area contributed by atoms with E-state index in [-0.39, 0.29) is 47.0 Å². The van der Waals surface area contributed by atoms with Crippen LogP contribution in [0.4, 0.5) is 0 Å². The second kappa shape index (κ2) is 18.1. The van der Waals surface area contributed by atoms with Crippen molar-refractivity contribution >= 4 is 49.7 Å². The van der Waals surface area contributed by atoms with Crippen molar-refractivity contribution in [1.29, 1.82) is 0 Å². The molecule has 0 unspecified atom stereocenters. The Hall–Kier alpha value is -0.500. The fourth-order valence-electron chi connectivity index (χ4n) is 3.35. The molecule has 3 N–H and O–H groups in total. The largest absolute Gasteiger partial charge is 2.00 e. The number of esters is 2. The maximum absolute atomic E-state index is 11.7. The Morgan fingerprint density at radius 3 is 1.87 bits per heavy atom. The van der Waals surface area contributed by atoms with Gasteiger partial charge in [-0.15, -0.1) is 0 Å².